The molecule has 0 unspecified atom stereocenters. The number of amides is 1. The second-order valence-corrected chi connectivity index (χ2v) is 12.7. The van der Waals surface area contributed by atoms with Crippen LogP contribution in [0.25, 0.3) is 21.9 Å². The molecule has 5 aromatic rings. The van der Waals surface area contributed by atoms with Crippen LogP contribution in [0.15, 0.2) is 55.2 Å². The fourth-order valence-corrected chi connectivity index (χ4v) is 5.98. The number of aryl methyl sites for hydroxylation is 2. The molecule has 232 valence electrons. The number of hydrogen-bond donors (Lipinski definition) is 1. The second-order valence-electron chi connectivity index (χ2n) is 12.7. The fourth-order valence-electron chi connectivity index (χ4n) is 5.98. The monoisotopic (exact) mass is 608 g/mol. The number of piperidine rings is 1. The third-order valence-electron chi connectivity index (χ3n) is 8.25. The van der Waals surface area contributed by atoms with Crippen molar-refractivity contribution >= 4 is 45.4 Å². The number of anilines is 3. The van der Waals surface area contributed by atoms with Crippen LogP contribution < -0.4 is 19.7 Å². The molecule has 1 N–H and O–H groups in total. The van der Waals surface area contributed by atoms with Gasteiger partial charge in [0, 0.05) is 45.4 Å². The number of imidazole rings is 1. The molecular formula is C33H36N8O4. The van der Waals surface area contributed by atoms with Crippen molar-refractivity contribution in [1.82, 2.24) is 29.4 Å². The topological polar surface area (TPSA) is 120 Å². The van der Waals surface area contributed by atoms with E-state index in [0.29, 0.717) is 42.4 Å². The van der Waals surface area contributed by atoms with E-state index in [0.717, 1.165) is 39.2 Å². The smallest absolute Gasteiger partial charge is 0.410 e. The normalized spacial score (nSPS) is 17.9. The number of carbonyl (C=O) groups excluding carboxylic acids is 1. The van der Waals surface area contributed by atoms with Gasteiger partial charge in [-0.15, -0.1) is 0 Å². The number of likely N-dealkylation sites (N-methyl/N-ethyl adjacent to an activating group) is 1. The van der Waals surface area contributed by atoms with Gasteiger partial charge in [-0.05, 0) is 63.6 Å². The number of nitrogens with zero attached hydrogens (tertiary/aromatic N) is 7. The first kappa shape index (κ1) is 28.6. The third-order valence-corrected chi connectivity index (χ3v) is 8.25. The number of hydrogen-bond acceptors (Lipinski definition) is 10. The van der Waals surface area contributed by atoms with Gasteiger partial charge >= 0.3 is 6.09 Å². The van der Waals surface area contributed by atoms with Crippen molar-refractivity contribution in [2.75, 3.05) is 30.4 Å². The molecule has 5 heterocycles. The Bertz CT molecular complexity index is 1930. The summed E-state index contributed by atoms with van der Waals surface area (Å²) in [6.45, 7) is 8.66. The van der Waals surface area contributed by atoms with E-state index >= 15 is 0 Å². The molecule has 45 heavy (non-hydrogen) atoms. The van der Waals surface area contributed by atoms with E-state index in [1.165, 1.54) is 6.33 Å². The van der Waals surface area contributed by atoms with Crippen molar-refractivity contribution in [2.24, 2.45) is 7.05 Å². The van der Waals surface area contributed by atoms with E-state index in [9.17, 15) is 4.79 Å². The molecule has 1 saturated heterocycles. The van der Waals surface area contributed by atoms with Crippen molar-refractivity contribution < 1.29 is 19.0 Å². The zero-order valence-electron chi connectivity index (χ0n) is 26.2. The quantitative estimate of drug-likeness (QED) is 0.262. The summed E-state index contributed by atoms with van der Waals surface area (Å²) < 4.78 is 20.5. The van der Waals surface area contributed by atoms with Gasteiger partial charge in [-0.2, -0.15) is 0 Å². The van der Waals surface area contributed by atoms with E-state index in [4.69, 9.17) is 19.2 Å². The molecule has 0 radical (unpaired) electrons. The Morgan fingerprint density at radius 3 is 2.69 bits per heavy atom. The summed E-state index contributed by atoms with van der Waals surface area (Å²) in [6, 6.07) is 11.7. The Balaban J connectivity index is 1.14. The molecule has 2 aromatic carbocycles. The maximum atomic E-state index is 12.8. The van der Waals surface area contributed by atoms with Gasteiger partial charge in [0.1, 0.15) is 35.3 Å². The molecule has 2 aliphatic heterocycles. The Hall–Kier alpha value is -5.13. The number of fused-ring (bicyclic) bond motifs is 5. The summed E-state index contributed by atoms with van der Waals surface area (Å²) >= 11 is 0. The number of benzene rings is 2. The van der Waals surface area contributed by atoms with E-state index in [2.05, 4.69) is 25.2 Å². The number of rotatable bonds is 4. The number of ether oxygens (including phenoxy) is 3. The minimum atomic E-state index is -0.555. The lowest BCUT2D eigenvalue weighted by Gasteiger charge is -2.46. The van der Waals surface area contributed by atoms with Gasteiger partial charge in [0.25, 0.3) is 0 Å². The molecule has 12 heteroatoms. The van der Waals surface area contributed by atoms with Gasteiger partial charge < -0.3 is 33.9 Å². The van der Waals surface area contributed by atoms with Crippen LogP contribution in [-0.2, 0) is 11.8 Å². The molecule has 3 aromatic heterocycles. The number of pyridine rings is 1. The first-order chi connectivity index (χ1) is 21.5. The molecular weight excluding hydrogens is 572 g/mol. The Kier molecular flexibility index (Phi) is 6.87. The Morgan fingerprint density at radius 1 is 1.04 bits per heavy atom. The zero-order chi connectivity index (χ0) is 31.5. The van der Waals surface area contributed by atoms with E-state index in [1.807, 2.05) is 82.8 Å². The molecule has 7 rings (SSSR count). The van der Waals surface area contributed by atoms with Crippen LogP contribution in [0, 0.1) is 6.92 Å². The van der Waals surface area contributed by atoms with Gasteiger partial charge in [0.05, 0.1) is 40.5 Å². The van der Waals surface area contributed by atoms with Crippen LogP contribution >= 0.6 is 0 Å². The lowest BCUT2D eigenvalue weighted by molar-refractivity contribution is 0.00619. The molecule has 2 aliphatic rings. The molecule has 1 fully saturated rings. The lowest BCUT2D eigenvalue weighted by Crippen LogP contribution is -2.59. The van der Waals surface area contributed by atoms with Crippen LogP contribution in [0.4, 0.5) is 22.1 Å². The highest BCUT2D eigenvalue weighted by molar-refractivity contribution is 5.99. The largest absolute Gasteiger partial charge is 0.483 e. The minimum absolute atomic E-state index is 0.0710. The van der Waals surface area contributed by atoms with Gasteiger partial charge in [-0.25, -0.2) is 24.7 Å². The van der Waals surface area contributed by atoms with Crippen molar-refractivity contribution in [3.63, 3.8) is 0 Å². The summed E-state index contributed by atoms with van der Waals surface area (Å²) in [7, 11) is 3.96. The summed E-state index contributed by atoms with van der Waals surface area (Å²) in [6.07, 6.45) is 5.26. The first-order valence-corrected chi connectivity index (χ1v) is 15.0. The van der Waals surface area contributed by atoms with E-state index in [1.54, 1.807) is 17.4 Å². The highest BCUT2D eigenvalue weighted by Crippen LogP contribution is 2.43. The molecule has 1 amide bonds. The van der Waals surface area contributed by atoms with Crippen LogP contribution in [0.2, 0.25) is 0 Å². The van der Waals surface area contributed by atoms with E-state index < -0.39 is 5.60 Å². The first-order valence-electron chi connectivity index (χ1n) is 15.0. The summed E-state index contributed by atoms with van der Waals surface area (Å²) in [5.41, 5.74) is 3.85. The molecule has 0 bridgehead atoms. The second kappa shape index (κ2) is 10.8. The van der Waals surface area contributed by atoms with Crippen LogP contribution in [-0.4, -0.2) is 73.4 Å². The van der Waals surface area contributed by atoms with Gasteiger partial charge in [-0.1, -0.05) is 0 Å². The maximum absolute atomic E-state index is 12.8. The molecule has 12 nitrogen and oxygen atoms in total. The lowest BCUT2D eigenvalue weighted by atomic mass is 9.98. The summed E-state index contributed by atoms with van der Waals surface area (Å²) in [4.78, 5) is 34.9. The fraction of sp³-hybridized carbons (Fsp3) is 0.364. The van der Waals surface area contributed by atoms with Gasteiger partial charge in [-0.3, -0.25) is 0 Å². The SMILES string of the molecule is Cc1cc(Nc2ncnc3cnc4c(c23)O[C@H]2CCN(C(=O)OC(C)(C)C)C[C@H]2N4C)ccc1Oc1ccc2c(c1)ncn2C. The number of carbonyl (C=O) groups is 1. The average molecular weight is 609 g/mol. The van der Waals surface area contributed by atoms with Crippen LogP contribution in [0.3, 0.4) is 0 Å². The molecule has 0 saturated carbocycles. The van der Waals surface area contributed by atoms with Gasteiger partial charge in [0.15, 0.2) is 11.6 Å². The highest BCUT2D eigenvalue weighted by Gasteiger charge is 2.42. The predicted molar refractivity (Wildman–Crippen MR) is 172 cm³/mol. The summed E-state index contributed by atoms with van der Waals surface area (Å²) in [5, 5.41) is 4.23. The van der Waals surface area contributed by atoms with Crippen molar-refractivity contribution in [3.8, 4) is 17.2 Å². The maximum Gasteiger partial charge on any atom is 0.410 e. The molecule has 0 aliphatic carbocycles. The van der Waals surface area contributed by atoms with Crippen LogP contribution in [0.5, 0.6) is 17.2 Å². The third kappa shape index (κ3) is 5.41. The molecule has 2 atom stereocenters. The number of aromatic nitrogens is 5. The van der Waals surface area contributed by atoms with Crippen molar-refractivity contribution in [1.29, 1.82) is 0 Å². The Morgan fingerprint density at radius 2 is 1.89 bits per heavy atom. The minimum Gasteiger partial charge on any atom is -0.483 e. The zero-order valence-corrected chi connectivity index (χ0v) is 26.2. The number of likely N-dealkylation sites (tertiary alicyclic amines) is 1. The highest BCUT2D eigenvalue weighted by atomic mass is 16.6. The van der Waals surface area contributed by atoms with Crippen molar-refractivity contribution in [2.45, 2.75) is 51.9 Å². The van der Waals surface area contributed by atoms with Crippen molar-refractivity contribution in [3.05, 3.63) is 60.8 Å². The predicted octanol–water partition coefficient (Wildman–Crippen LogP) is 5.96. The summed E-state index contributed by atoms with van der Waals surface area (Å²) in [5.74, 6) is 3.40. The van der Waals surface area contributed by atoms with Crippen LogP contribution in [0.1, 0.15) is 32.8 Å². The van der Waals surface area contributed by atoms with Gasteiger partial charge in [0.2, 0.25) is 0 Å². The van der Waals surface area contributed by atoms with E-state index in [-0.39, 0.29) is 18.2 Å². The Labute approximate surface area is 261 Å². The standard InChI is InChI=1S/C33H36N8O4/c1-19-13-20(7-10-26(19)43-21-8-9-24-22(14-21)37-18-39(24)5)38-30-28-23(35-17-36-30)15-34-31-29(28)44-27-11-12-41(16-25(27)40(31)6)32(42)45-33(2,3)4/h7-10,13-15,17-18,25,27H,11-12,16H2,1-6H3,(H,35,36,38)/t25-,27+/m1/s1. The average Bonchev–Trinajstić information content (AvgIpc) is 3.37. The molecule has 0 spiro atoms. The number of nitrogens with one attached hydrogen (secondary N) is 1.